The Morgan fingerprint density at radius 1 is 1.00 bits per heavy atom. The van der Waals surface area contributed by atoms with Gasteiger partial charge in [-0.3, -0.25) is 0 Å². The number of aryl methyl sites for hydroxylation is 1. The van der Waals surface area contributed by atoms with Crippen LogP contribution in [0.25, 0.3) is 30.4 Å². The first-order valence-electron chi connectivity index (χ1n) is 6.09. The van der Waals surface area contributed by atoms with E-state index in [0.717, 1.165) is 9.40 Å². The van der Waals surface area contributed by atoms with E-state index in [1.165, 1.54) is 22.7 Å². The van der Waals surface area contributed by atoms with Crippen molar-refractivity contribution < 1.29 is 0 Å². The molecule has 0 saturated carbocycles. The van der Waals surface area contributed by atoms with Gasteiger partial charge in [-0.2, -0.15) is 9.97 Å². The van der Waals surface area contributed by atoms with Gasteiger partial charge < -0.3 is 14.3 Å². The lowest BCUT2D eigenvalue weighted by Gasteiger charge is -1.89. The minimum absolute atomic E-state index is 0.282. The van der Waals surface area contributed by atoms with Crippen LogP contribution in [0.1, 0.15) is 0 Å². The van der Waals surface area contributed by atoms with Crippen LogP contribution in [-0.4, -0.2) is 26.2 Å². The zero-order valence-corrected chi connectivity index (χ0v) is 13.5. The first-order chi connectivity index (χ1) is 11.6. The van der Waals surface area contributed by atoms with Gasteiger partial charge in [0, 0.05) is 7.05 Å². The minimum atomic E-state index is -0.282. The first-order valence-corrected chi connectivity index (χ1v) is 7.72. The summed E-state index contributed by atoms with van der Waals surface area (Å²) < 4.78 is 3.34. The van der Waals surface area contributed by atoms with E-state index in [0.29, 0.717) is 21.6 Å². The molecule has 3 rings (SSSR count). The summed E-state index contributed by atoms with van der Waals surface area (Å²) in [6.07, 6.45) is 0. The number of nitriles is 2. The van der Waals surface area contributed by atoms with Gasteiger partial charge in [-0.25, -0.2) is 10.5 Å². The molecule has 0 spiro atoms. The first kappa shape index (κ1) is 15.3. The molecule has 3 aromatic heterocycles. The quantitative estimate of drug-likeness (QED) is 0.402. The second-order valence-corrected chi connectivity index (χ2v) is 6.13. The third kappa shape index (κ3) is 2.37. The molecule has 112 valence electrons. The van der Waals surface area contributed by atoms with E-state index in [2.05, 4.69) is 29.6 Å². The summed E-state index contributed by atoms with van der Waals surface area (Å²) >= 11 is 2.47. The SMILES string of the molecule is [C-]#[N+]C(C#N)=Nc1nc2c(s1)c1sc(N=C(C#N)[N+]#[C-])nc1n2C. The summed E-state index contributed by atoms with van der Waals surface area (Å²) in [5.74, 6) is -0.564. The van der Waals surface area contributed by atoms with Crippen LogP contribution in [0.2, 0.25) is 0 Å². The molecular formula is C13H3N9S2. The maximum Gasteiger partial charge on any atom is 0.352 e. The standard InChI is InChI=1S/C13H3N9S2/c1-16-6(4-14)18-12-20-10-8(23-12)9-11(22(10)3)21-13(24-9)19-7(5-15)17-2/h3H3. The molecular weight excluding hydrogens is 346 g/mol. The van der Waals surface area contributed by atoms with Crippen LogP contribution >= 0.6 is 22.7 Å². The molecule has 0 aliphatic heterocycles. The summed E-state index contributed by atoms with van der Waals surface area (Å²) in [6, 6.07) is 3.39. The van der Waals surface area contributed by atoms with Gasteiger partial charge >= 0.3 is 21.9 Å². The fourth-order valence-electron chi connectivity index (χ4n) is 1.88. The number of amidine groups is 2. The van der Waals surface area contributed by atoms with Crippen LogP contribution in [0.5, 0.6) is 0 Å². The van der Waals surface area contributed by atoms with Crippen LogP contribution in [0.15, 0.2) is 9.98 Å². The van der Waals surface area contributed by atoms with Gasteiger partial charge in [0.2, 0.25) is 0 Å². The van der Waals surface area contributed by atoms with Crippen molar-refractivity contribution in [2.24, 2.45) is 17.0 Å². The highest BCUT2D eigenvalue weighted by molar-refractivity contribution is 7.30. The predicted octanol–water partition coefficient (Wildman–Crippen LogP) is 3.19. The van der Waals surface area contributed by atoms with Crippen molar-refractivity contribution in [2.45, 2.75) is 0 Å². The van der Waals surface area contributed by atoms with E-state index >= 15 is 0 Å². The predicted molar refractivity (Wildman–Crippen MR) is 90.4 cm³/mol. The van der Waals surface area contributed by atoms with Crippen molar-refractivity contribution in [2.75, 3.05) is 0 Å². The van der Waals surface area contributed by atoms with Crippen LogP contribution in [0.4, 0.5) is 10.3 Å². The highest BCUT2D eigenvalue weighted by Crippen LogP contribution is 2.40. The maximum absolute atomic E-state index is 8.78. The number of thiazole rings is 2. The molecule has 9 nitrogen and oxygen atoms in total. The molecule has 3 aromatic rings. The molecule has 11 heteroatoms. The average molecular weight is 349 g/mol. The Morgan fingerprint density at radius 2 is 1.42 bits per heavy atom. The number of fused-ring (bicyclic) bond motifs is 3. The minimum Gasteiger partial charge on any atom is -0.351 e. The molecule has 3 heterocycles. The average Bonchev–Trinajstić information content (AvgIpc) is 3.25. The molecule has 0 saturated heterocycles. The molecule has 24 heavy (non-hydrogen) atoms. The fourth-order valence-corrected chi connectivity index (χ4v) is 3.94. The van der Waals surface area contributed by atoms with Gasteiger partial charge in [-0.15, -0.1) is 0 Å². The Kier molecular flexibility index (Phi) is 3.73. The molecule has 0 atom stereocenters. The highest BCUT2D eigenvalue weighted by Gasteiger charge is 2.21. The van der Waals surface area contributed by atoms with Crippen molar-refractivity contribution in [3.05, 3.63) is 22.8 Å². The summed E-state index contributed by atoms with van der Waals surface area (Å²) in [4.78, 5) is 22.4. The van der Waals surface area contributed by atoms with Crippen LogP contribution in [-0.2, 0) is 7.05 Å². The van der Waals surface area contributed by atoms with Crippen molar-refractivity contribution >= 4 is 65.3 Å². The van der Waals surface area contributed by atoms with Gasteiger partial charge in [-0.1, -0.05) is 45.8 Å². The third-order valence-corrected chi connectivity index (χ3v) is 4.89. The normalized spacial score (nSPS) is 11.9. The molecule has 0 N–H and O–H groups in total. The van der Waals surface area contributed by atoms with E-state index < -0.39 is 0 Å². The van der Waals surface area contributed by atoms with Gasteiger partial charge in [0.25, 0.3) is 0 Å². The topological polar surface area (TPSA) is 112 Å². The Balaban J connectivity index is 2.19. The number of aliphatic imine (C=N–C) groups is 2. The number of hydrogen-bond acceptors (Lipinski definition) is 8. The van der Waals surface area contributed by atoms with E-state index in [-0.39, 0.29) is 11.7 Å². The van der Waals surface area contributed by atoms with Crippen molar-refractivity contribution in [1.82, 2.24) is 14.5 Å². The second kappa shape index (κ2) is 5.86. The van der Waals surface area contributed by atoms with Gasteiger partial charge in [-0.05, 0) is 0 Å². The lowest BCUT2D eigenvalue weighted by Crippen LogP contribution is -1.89. The molecule has 0 aliphatic rings. The Hall–Kier alpha value is -3.64. The summed E-state index contributed by atoms with van der Waals surface area (Å²) in [5, 5.41) is 18.2. The Bertz CT molecular complexity index is 1080. The smallest absolute Gasteiger partial charge is 0.351 e. The number of nitrogens with zero attached hydrogens (tertiary/aromatic N) is 9. The van der Waals surface area contributed by atoms with Crippen LogP contribution in [0, 0.1) is 35.8 Å². The van der Waals surface area contributed by atoms with E-state index in [4.69, 9.17) is 23.7 Å². The molecule has 0 fully saturated rings. The largest absolute Gasteiger partial charge is 0.352 e. The molecule has 0 bridgehead atoms. The molecule has 0 aliphatic carbocycles. The Labute approximate surface area is 142 Å². The van der Waals surface area contributed by atoms with Gasteiger partial charge in [0.1, 0.15) is 12.1 Å². The van der Waals surface area contributed by atoms with Crippen molar-refractivity contribution in [1.29, 1.82) is 10.5 Å². The Morgan fingerprint density at radius 3 is 1.75 bits per heavy atom. The molecule has 0 unspecified atom stereocenters. The molecule has 0 radical (unpaired) electrons. The number of hydrogen-bond donors (Lipinski definition) is 0. The molecule has 0 amide bonds. The number of aromatic nitrogens is 3. The number of rotatable bonds is 2. The van der Waals surface area contributed by atoms with Crippen molar-refractivity contribution in [3.8, 4) is 12.1 Å². The highest BCUT2D eigenvalue weighted by atomic mass is 32.1. The lowest BCUT2D eigenvalue weighted by atomic mass is 10.6. The van der Waals surface area contributed by atoms with Crippen LogP contribution in [0.3, 0.4) is 0 Å². The van der Waals surface area contributed by atoms with Gasteiger partial charge in [0.05, 0.1) is 9.40 Å². The summed E-state index contributed by atoms with van der Waals surface area (Å²) in [5.41, 5.74) is 1.27. The lowest BCUT2D eigenvalue weighted by molar-refractivity contribution is 0.975. The van der Waals surface area contributed by atoms with E-state index in [9.17, 15) is 0 Å². The maximum atomic E-state index is 8.78. The summed E-state index contributed by atoms with van der Waals surface area (Å²) in [7, 11) is 1.77. The van der Waals surface area contributed by atoms with E-state index in [1.54, 1.807) is 23.8 Å². The molecule has 0 aromatic carbocycles. The monoisotopic (exact) mass is 349 g/mol. The van der Waals surface area contributed by atoms with Gasteiger partial charge in [0.15, 0.2) is 11.3 Å². The zero-order chi connectivity index (χ0) is 17.3. The zero-order valence-electron chi connectivity index (χ0n) is 11.8. The van der Waals surface area contributed by atoms with E-state index in [1.807, 2.05) is 0 Å². The van der Waals surface area contributed by atoms with Crippen molar-refractivity contribution in [3.63, 3.8) is 0 Å². The summed E-state index contributed by atoms with van der Waals surface area (Å²) in [6.45, 7) is 13.7. The third-order valence-electron chi connectivity index (χ3n) is 2.85. The fraction of sp³-hybridized carbons (Fsp3) is 0.0769. The second-order valence-electron chi connectivity index (χ2n) is 4.18. The van der Waals surface area contributed by atoms with Crippen LogP contribution < -0.4 is 0 Å².